The van der Waals surface area contributed by atoms with Crippen LogP contribution in [0.5, 0.6) is 0 Å². The summed E-state index contributed by atoms with van der Waals surface area (Å²) in [6.07, 6.45) is 21.3. The molecule has 2 nitrogen and oxygen atoms in total. The van der Waals surface area contributed by atoms with E-state index in [0.717, 1.165) is 34.8 Å². The van der Waals surface area contributed by atoms with Crippen LogP contribution in [0.15, 0.2) is 0 Å². The summed E-state index contributed by atoms with van der Waals surface area (Å²) in [7, 11) is 3.01. The molecule has 2 N–H and O–H groups in total. The Morgan fingerprint density at radius 3 is 1.36 bits per heavy atom. The second-order valence-corrected chi connectivity index (χ2v) is 14.1. The Morgan fingerprint density at radius 1 is 0.520 bits per heavy atom. The van der Waals surface area contributed by atoms with Crippen LogP contribution in [-0.4, -0.2) is 22.5 Å². The van der Waals surface area contributed by atoms with E-state index in [9.17, 15) is 0 Å². The molecule has 0 aliphatic heterocycles. The first-order valence-corrected chi connectivity index (χ1v) is 13.8. The normalized spacial score (nSPS) is 42.5. The smallest absolute Gasteiger partial charge is 0.207 e. The maximum absolute atomic E-state index is 4.10. The van der Waals surface area contributed by atoms with E-state index in [1.807, 2.05) is 0 Å². The number of hydrogen-bond acceptors (Lipinski definition) is 2. The van der Waals surface area contributed by atoms with E-state index in [4.69, 9.17) is 0 Å². The predicted molar refractivity (Wildman–Crippen MR) is 110 cm³/mol. The third-order valence-corrected chi connectivity index (χ3v) is 14.6. The van der Waals surface area contributed by atoms with Gasteiger partial charge in [0, 0.05) is 0 Å². The van der Waals surface area contributed by atoms with Crippen molar-refractivity contribution < 1.29 is 0 Å². The highest BCUT2D eigenvalue weighted by Gasteiger charge is 2.55. The second kappa shape index (κ2) is 8.02. The van der Waals surface area contributed by atoms with Gasteiger partial charge in [0.15, 0.2) is 0 Å². The standard InChI is InChI=1S/C22H42N2Si/c1-23-25(24-2,21-15-7-11-17-9-3-5-13-19(17)21)22-16-8-12-18-10-4-6-14-20(18)22/h17-24H,3-16H2,1-2H3. The van der Waals surface area contributed by atoms with Crippen LogP contribution in [0.4, 0.5) is 0 Å². The number of nitrogens with one attached hydrogen (secondary N) is 2. The van der Waals surface area contributed by atoms with Gasteiger partial charge in [0.05, 0.1) is 0 Å². The predicted octanol–water partition coefficient (Wildman–Crippen LogP) is 5.59. The van der Waals surface area contributed by atoms with Crippen LogP contribution in [0.25, 0.3) is 0 Å². The first-order chi connectivity index (χ1) is 12.3. The number of rotatable bonds is 4. The number of hydrogen-bond donors (Lipinski definition) is 2. The quantitative estimate of drug-likeness (QED) is 0.637. The van der Waals surface area contributed by atoms with E-state index in [1.54, 1.807) is 0 Å². The summed E-state index contributed by atoms with van der Waals surface area (Å²) in [4.78, 5) is 8.20. The molecule has 6 atom stereocenters. The molecule has 0 amide bonds. The third-order valence-electron chi connectivity index (χ3n) is 9.15. The van der Waals surface area contributed by atoms with E-state index in [2.05, 4.69) is 24.1 Å². The van der Waals surface area contributed by atoms with Gasteiger partial charge >= 0.3 is 0 Å². The topological polar surface area (TPSA) is 24.1 Å². The first-order valence-electron chi connectivity index (χ1n) is 11.7. The van der Waals surface area contributed by atoms with Gasteiger partial charge in [-0.25, -0.2) is 0 Å². The van der Waals surface area contributed by atoms with Gasteiger partial charge in [-0.05, 0) is 48.8 Å². The van der Waals surface area contributed by atoms with Gasteiger partial charge in [-0.2, -0.15) is 0 Å². The van der Waals surface area contributed by atoms with Gasteiger partial charge in [-0.1, -0.05) is 89.9 Å². The Morgan fingerprint density at radius 2 is 0.920 bits per heavy atom. The average Bonchev–Trinajstić information content (AvgIpc) is 2.69. The van der Waals surface area contributed by atoms with Crippen LogP contribution in [-0.2, 0) is 0 Å². The molecule has 4 saturated carbocycles. The molecule has 4 aliphatic rings. The summed E-state index contributed by atoms with van der Waals surface area (Å²) in [5.74, 6) is 4.20. The fourth-order valence-electron chi connectivity index (χ4n) is 8.15. The third kappa shape index (κ3) is 3.27. The Hall–Kier alpha value is 0.137. The first kappa shape index (κ1) is 18.5. The summed E-state index contributed by atoms with van der Waals surface area (Å²) in [6.45, 7) is 0. The van der Waals surface area contributed by atoms with Crippen LogP contribution >= 0.6 is 0 Å². The van der Waals surface area contributed by atoms with Crippen molar-refractivity contribution in [3.05, 3.63) is 0 Å². The highest BCUT2D eigenvalue weighted by Crippen LogP contribution is 2.57. The summed E-state index contributed by atoms with van der Waals surface area (Å²) in [6, 6.07) is 0. The molecule has 0 aromatic rings. The van der Waals surface area contributed by atoms with E-state index in [1.165, 1.54) is 89.9 Å². The lowest BCUT2D eigenvalue weighted by Crippen LogP contribution is -2.70. The molecular formula is C22H42N2Si. The fourth-order valence-corrected chi connectivity index (χ4v) is 14.0. The lowest BCUT2D eigenvalue weighted by molar-refractivity contribution is 0.144. The van der Waals surface area contributed by atoms with Gasteiger partial charge in [0.2, 0.25) is 8.40 Å². The van der Waals surface area contributed by atoms with Crippen LogP contribution in [0.1, 0.15) is 89.9 Å². The maximum atomic E-state index is 4.10. The van der Waals surface area contributed by atoms with Crippen molar-refractivity contribution in [3.8, 4) is 0 Å². The lowest BCUT2D eigenvalue weighted by Gasteiger charge is -2.56. The molecule has 0 spiro atoms. The van der Waals surface area contributed by atoms with Crippen LogP contribution in [0.3, 0.4) is 0 Å². The molecular weight excluding hydrogens is 320 g/mol. The summed E-state index contributed by atoms with van der Waals surface area (Å²) < 4.78 is 0. The van der Waals surface area contributed by atoms with Gasteiger partial charge in [0.25, 0.3) is 0 Å². The van der Waals surface area contributed by atoms with Crippen molar-refractivity contribution in [3.63, 3.8) is 0 Å². The van der Waals surface area contributed by atoms with Gasteiger partial charge in [0.1, 0.15) is 0 Å². The molecule has 3 heteroatoms. The zero-order valence-electron chi connectivity index (χ0n) is 16.9. The van der Waals surface area contributed by atoms with Gasteiger partial charge in [-0.3, -0.25) is 0 Å². The van der Waals surface area contributed by atoms with Crippen molar-refractivity contribution in [1.29, 1.82) is 0 Å². The Kier molecular flexibility index (Phi) is 5.93. The molecule has 0 heterocycles. The minimum absolute atomic E-state index is 0.993. The molecule has 4 fully saturated rings. The van der Waals surface area contributed by atoms with Gasteiger partial charge < -0.3 is 9.96 Å². The molecule has 0 aromatic heterocycles. The number of fused-ring (bicyclic) bond motifs is 2. The monoisotopic (exact) mass is 362 g/mol. The second-order valence-electron chi connectivity index (χ2n) is 9.86. The minimum atomic E-state index is -1.66. The van der Waals surface area contributed by atoms with Crippen molar-refractivity contribution >= 4 is 8.40 Å². The summed E-state index contributed by atoms with van der Waals surface area (Å²) in [5.41, 5.74) is 1.99. The van der Waals surface area contributed by atoms with Crippen molar-refractivity contribution in [2.24, 2.45) is 23.7 Å². The lowest BCUT2D eigenvalue weighted by atomic mass is 9.70. The van der Waals surface area contributed by atoms with E-state index < -0.39 is 8.40 Å². The van der Waals surface area contributed by atoms with Crippen molar-refractivity contribution in [2.45, 2.75) is 101 Å². The summed E-state index contributed by atoms with van der Waals surface area (Å²) >= 11 is 0. The highest BCUT2D eigenvalue weighted by atomic mass is 28.3. The SMILES string of the molecule is CN[Si](NC)(C1CCCC2CCCCC21)C1CCCC2CCCCC21. The maximum Gasteiger partial charge on any atom is 0.207 e. The van der Waals surface area contributed by atoms with Crippen molar-refractivity contribution in [1.82, 2.24) is 9.96 Å². The minimum Gasteiger partial charge on any atom is -0.328 e. The Bertz CT molecular complexity index is 396. The highest BCUT2D eigenvalue weighted by molar-refractivity contribution is 6.78. The zero-order valence-corrected chi connectivity index (χ0v) is 17.9. The molecule has 0 radical (unpaired) electrons. The Labute approximate surface area is 157 Å². The molecule has 4 aliphatic carbocycles. The van der Waals surface area contributed by atoms with E-state index in [0.29, 0.717) is 0 Å². The van der Waals surface area contributed by atoms with E-state index >= 15 is 0 Å². The molecule has 4 rings (SSSR count). The van der Waals surface area contributed by atoms with Gasteiger partial charge in [-0.15, -0.1) is 0 Å². The Balaban J connectivity index is 1.63. The molecule has 144 valence electrons. The largest absolute Gasteiger partial charge is 0.328 e. The zero-order chi connectivity index (χ0) is 17.3. The molecule has 0 saturated heterocycles. The summed E-state index contributed by atoms with van der Waals surface area (Å²) in [5, 5.41) is 0. The molecule has 0 aromatic carbocycles. The van der Waals surface area contributed by atoms with Crippen LogP contribution < -0.4 is 9.96 Å². The average molecular weight is 363 g/mol. The molecule has 25 heavy (non-hydrogen) atoms. The van der Waals surface area contributed by atoms with E-state index in [-0.39, 0.29) is 0 Å². The van der Waals surface area contributed by atoms with Crippen molar-refractivity contribution in [2.75, 3.05) is 14.1 Å². The fraction of sp³-hybridized carbons (Fsp3) is 1.00. The van der Waals surface area contributed by atoms with Crippen LogP contribution in [0.2, 0.25) is 11.1 Å². The molecule has 0 bridgehead atoms. The van der Waals surface area contributed by atoms with Crippen LogP contribution in [0, 0.1) is 23.7 Å². The molecule has 6 unspecified atom stereocenters.